The van der Waals surface area contributed by atoms with Crippen molar-refractivity contribution >= 4 is 16.0 Å². The van der Waals surface area contributed by atoms with Gasteiger partial charge in [-0.2, -0.15) is 17.2 Å². The minimum Gasteiger partial charge on any atom is -0.487 e. The van der Waals surface area contributed by atoms with Crippen molar-refractivity contribution in [3.05, 3.63) is 41.5 Å². The summed E-state index contributed by atoms with van der Waals surface area (Å²) in [5, 5.41) is 2.72. The first-order chi connectivity index (χ1) is 17.0. The van der Waals surface area contributed by atoms with Crippen LogP contribution < -0.4 is 10.1 Å². The lowest BCUT2D eigenvalue weighted by molar-refractivity contribution is -0.890. The first kappa shape index (κ1) is 32.8. The van der Waals surface area contributed by atoms with E-state index in [1.807, 2.05) is 14.1 Å². The molecule has 0 saturated carbocycles. The number of hydrogen-bond acceptors (Lipinski definition) is 4. The molecular formula is C25H39F4N2O5S+. The number of nitrogens with one attached hydrogen (secondary N) is 1. The van der Waals surface area contributed by atoms with Crippen molar-refractivity contribution in [3.8, 4) is 5.75 Å². The van der Waals surface area contributed by atoms with Crippen LogP contribution in [0.1, 0.15) is 57.9 Å². The summed E-state index contributed by atoms with van der Waals surface area (Å²) in [5.41, 5.74) is -2.26. The Labute approximate surface area is 217 Å². The Kier molecular flexibility index (Phi) is 12.0. The van der Waals surface area contributed by atoms with E-state index >= 15 is 0 Å². The molecule has 1 rings (SSSR count). The highest BCUT2D eigenvalue weighted by Crippen LogP contribution is 2.43. The number of ether oxygens (including phenoxy) is 1. The normalized spacial score (nSPS) is 13.4. The summed E-state index contributed by atoms with van der Waals surface area (Å²) < 4.78 is 95.2. The fourth-order valence-electron chi connectivity index (χ4n) is 4.26. The molecule has 0 aromatic heterocycles. The average molecular weight is 556 g/mol. The van der Waals surface area contributed by atoms with Crippen LogP contribution in [0.15, 0.2) is 12.7 Å². The zero-order chi connectivity index (χ0) is 28.6. The van der Waals surface area contributed by atoms with Crippen molar-refractivity contribution in [1.82, 2.24) is 5.32 Å². The van der Waals surface area contributed by atoms with Gasteiger partial charge >= 0.3 is 0 Å². The molecule has 212 valence electrons. The minimum absolute atomic E-state index is 0.0293. The van der Waals surface area contributed by atoms with E-state index in [-0.39, 0.29) is 38.2 Å². The molecule has 0 fully saturated rings. The third-order valence-electron chi connectivity index (χ3n) is 6.43. The van der Waals surface area contributed by atoms with Gasteiger partial charge in [-0.15, -0.1) is 6.58 Å². The smallest absolute Gasteiger partial charge is 0.265 e. The molecule has 1 aromatic carbocycles. The van der Waals surface area contributed by atoms with Gasteiger partial charge in [0.05, 0.1) is 45.0 Å². The maximum absolute atomic E-state index is 15.0. The summed E-state index contributed by atoms with van der Waals surface area (Å²) in [7, 11) is -0.276. The molecule has 0 aliphatic rings. The van der Waals surface area contributed by atoms with Crippen LogP contribution in [0.3, 0.4) is 0 Å². The van der Waals surface area contributed by atoms with Crippen molar-refractivity contribution in [2.24, 2.45) is 5.41 Å². The van der Waals surface area contributed by atoms with Gasteiger partial charge < -0.3 is 14.5 Å². The van der Waals surface area contributed by atoms with Gasteiger partial charge in [-0.25, -0.2) is 8.78 Å². The van der Waals surface area contributed by atoms with Gasteiger partial charge in [0.1, 0.15) is 0 Å². The minimum atomic E-state index is -4.03. The third-order valence-corrected chi connectivity index (χ3v) is 7.23. The molecule has 0 heterocycles. The summed E-state index contributed by atoms with van der Waals surface area (Å²) in [6, 6.07) is 0. The fraction of sp³-hybridized carbons (Fsp3) is 0.640. The molecule has 1 aromatic rings. The Hall–Kier alpha value is -2.18. The summed E-state index contributed by atoms with van der Waals surface area (Å²) in [6.45, 7) is 8.99. The Morgan fingerprint density at radius 1 is 1.11 bits per heavy atom. The lowest BCUT2D eigenvalue weighted by Crippen LogP contribution is -2.45. The van der Waals surface area contributed by atoms with Gasteiger partial charge in [-0.05, 0) is 12.8 Å². The van der Waals surface area contributed by atoms with Gasteiger partial charge in [-0.1, -0.05) is 26.8 Å². The lowest BCUT2D eigenvalue weighted by Gasteiger charge is -2.34. The maximum atomic E-state index is 15.0. The highest BCUT2D eigenvalue weighted by atomic mass is 32.2. The summed E-state index contributed by atoms with van der Waals surface area (Å²) in [5.74, 6) is -9.69. The molecule has 1 atom stereocenters. The maximum Gasteiger partial charge on any atom is 0.265 e. The SMILES string of the molecule is C=CCCOc1c(F)c(F)c(C(CC)C(C)(C)C(=O)NCCC[N+](C)(C)CCCS(=O)(=O)O)c(F)c1F. The van der Waals surface area contributed by atoms with Crippen molar-refractivity contribution < 1.29 is 44.5 Å². The summed E-state index contributed by atoms with van der Waals surface area (Å²) >= 11 is 0. The topological polar surface area (TPSA) is 92.7 Å². The first-order valence-electron chi connectivity index (χ1n) is 12.1. The summed E-state index contributed by atoms with van der Waals surface area (Å²) in [6.07, 6.45) is 2.46. The number of carbonyl (C=O) groups excluding carboxylic acids is 1. The number of nitrogens with zero attached hydrogens (tertiary/aromatic N) is 1. The standard InChI is InChI=1S/C25H38F4N2O5S/c1-7-9-15-36-23-21(28)19(26)18(20(27)22(23)29)17(8-2)25(3,4)24(32)30-12-10-13-31(5,6)14-11-16-37(33,34)35/h7,17H,1,8-16H2,2-6H3,(H-,30,32,33,34,35)/p+1. The number of quaternary nitrogens is 1. The predicted molar refractivity (Wildman–Crippen MR) is 134 cm³/mol. The van der Waals surface area contributed by atoms with Crippen LogP contribution in [-0.4, -0.2) is 69.5 Å². The third kappa shape index (κ3) is 9.26. The Morgan fingerprint density at radius 2 is 1.65 bits per heavy atom. The second-order valence-electron chi connectivity index (χ2n) is 10.2. The van der Waals surface area contributed by atoms with E-state index in [9.17, 15) is 30.8 Å². The van der Waals surface area contributed by atoms with Crippen LogP contribution in [0.25, 0.3) is 0 Å². The van der Waals surface area contributed by atoms with Gasteiger partial charge in [-0.3, -0.25) is 9.35 Å². The predicted octanol–water partition coefficient (Wildman–Crippen LogP) is 4.58. The van der Waals surface area contributed by atoms with Gasteiger partial charge in [0.2, 0.25) is 17.5 Å². The molecule has 0 spiro atoms. The van der Waals surface area contributed by atoms with Crippen LogP contribution in [0, 0.1) is 28.7 Å². The fourth-order valence-corrected chi connectivity index (χ4v) is 4.76. The van der Waals surface area contributed by atoms with E-state index < -0.39 is 61.9 Å². The molecule has 0 aliphatic carbocycles. The number of rotatable bonds is 16. The van der Waals surface area contributed by atoms with E-state index in [0.29, 0.717) is 24.0 Å². The molecule has 0 saturated heterocycles. The lowest BCUT2D eigenvalue weighted by atomic mass is 9.72. The number of halogens is 4. The Balaban J connectivity index is 2.95. The molecule has 2 N–H and O–H groups in total. The van der Waals surface area contributed by atoms with Crippen molar-refractivity contribution in [1.29, 1.82) is 0 Å². The Morgan fingerprint density at radius 3 is 2.14 bits per heavy atom. The monoisotopic (exact) mass is 555 g/mol. The second-order valence-corrected chi connectivity index (χ2v) is 11.8. The average Bonchev–Trinajstić information content (AvgIpc) is 2.79. The van der Waals surface area contributed by atoms with Crippen molar-refractivity contribution in [2.75, 3.05) is 46.1 Å². The number of benzene rings is 1. The molecular weight excluding hydrogens is 516 g/mol. The van der Waals surface area contributed by atoms with E-state index in [1.54, 1.807) is 6.92 Å². The van der Waals surface area contributed by atoms with E-state index in [4.69, 9.17) is 9.29 Å². The van der Waals surface area contributed by atoms with Crippen LogP contribution in [-0.2, 0) is 14.9 Å². The summed E-state index contributed by atoms with van der Waals surface area (Å²) in [4.78, 5) is 13.0. The van der Waals surface area contributed by atoms with Crippen LogP contribution in [0.5, 0.6) is 5.75 Å². The Bertz CT molecular complexity index is 1030. The number of carbonyl (C=O) groups is 1. The molecule has 0 bridgehead atoms. The van der Waals surface area contributed by atoms with Crippen molar-refractivity contribution in [3.63, 3.8) is 0 Å². The molecule has 1 unspecified atom stereocenters. The highest BCUT2D eigenvalue weighted by Gasteiger charge is 2.42. The van der Waals surface area contributed by atoms with E-state index in [2.05, 4.69) is 11.9 Å². The first-order valence-corrected chi connectivity index (χ1v) is 13.8. The molecule has 0 radical (unpaired) electrons. The van der Waals surface area contributed by atoms with Crippen LogP contribution in [0.2, 0.25) is 0 Å². The molecule has 7 nitrogen and oxygen atoms in total. The molecule has 12 heteroatoms. The van der Waals surface area contributed by atoms with E-state index in [1.165, 1.54) is 19.9 Å². The molecule has 37 heavy (non-hydrogen) atoms. The highest BCUT2D eigenvalue weighted by molar-refractivity contribution is 7.85. The quantitative estimate of drug-likeness (QED) is 0.0778. The number of amides is 1. The van der Waals surface area contributed by atoms with Gasteiger partial charge in [0, 0.05) is 30.9 Å². The number of hydrogen-bond donors (Lipinski definition) is 2. The van der Waals surface area contributed by atoms with Crippen molar-refractivity contribution in [2.45, 2.75) is 52.4 Å². The largest absolute Gasteiger partial charge is 0.487 e. The molecule has 0 aliphatic heterocycles. The van der Waals surface area contributed by atoms with Gasteiger partial charge in [0.25, 0.3) is 10.1 Å². The zero-order valence-electron chi connectivity index (χ0n) is 22.2. The van der Waals surface area contributed by atoms with Crippen LogP contribution in [0.4, 0.5) is 17.6 Å². The van der Waals surface area contributed by atoms with E-state index in [0.717, 1.165) is 0 Å². The molecule has 1 amide bonds. The van der Waals surface area contributed by atoms with Crippen LogP contribution >= 0.6 is 0 Å². The second kappa shape index (κ2) is 13.6. The van der Waals surface area contributed by atoms with Gasteiger partial charge in [0.15, 0.2) is 17.4 Å². The zero-order valence-corrected chi connectivity index (χ0v) is 23.0.